The maximum Gasteiger partial charge on any atom is 0.0736 e. The molecule has 0 spiro atoms. The van der Waals surface area contributed by atoms with Crippen molar-refractivity contribution in [3.05, 3.63) is 0 Å². The van der Waals surface area contributed by atoms with Crippen LogP contribution in [-0.2, 0) is 0 Å². The lowest BCUT2D eigenvalue weighted by Crippen LogP contribution is -2.47. The van der Waals surface area contributed by atoms with Crippen LogP contribution >= 0.6 is 0 Å². The first kappa shape index (κ1) is 12.4. The molecule has 0 bridgehead atoms. The van der Waals surface area contributed by atoms with Gasteiger partial charge in [-0.15, -0.1) is 0 Å². The summed E-state index contributed by atoms with van der Waals surface area (Å²) in [4.78, 5) is 2.20. The molecule has 1 atom stereocenters. The van der Waals surface area contributed by atoms with Gasteiger partial charge in [-0.2, -0.15) is 0 Å². The van der Waals surface area contributed by atoms with Crippen LogP contribution in [0.25, 0.3) is 0 Å². The second kappa shape index (κ2) is 4.61. The van der Waals surface area contributed by atoms with Gasteiger partial charge in [0.05, 0.1) is 5.71 Å². The Morgan fingerprint density at radius 3 is 2.15 bits per heavy atom. The first-order valence-corrected chi connectivity index (χ1v) is 4.78. The van der Waals surface area contributed by atoms with Gasteiger partial charge in [0.2, 0.25) is 0 Å². The number of oxime groups is 1. The van der Waals surface area contributed by atoms with Gasteiger partial charge in [-0.25, -0.2) is 0 Å². The summed E-state index contributed by atoms with van der Waals surface area (Å²) in [5, 5.41) is 12.1. The van der Waals surface area contributed by atoms with E-state index in [4.69, 9.17) is 5.21 Å². The second-order valence-corrected chi connectivity index (χ2v) is 4.40. The fourth-order valence-electron chi connectivity index (χ4n) is 1.25. The molecule has 3 nitrogen and oxygen atoms in total. The third kappa shape index (κ3) is 3.35. The fourth-order valence-corrected chi connectivity index (χ4v) is 1.25. The molecule has 0 rings (SSSR count). The minimum Gasteiger partial charge on any atom is -0.411 e. The molecule has 0 aromatic carbocycles. The van der Waals surface area contributed by atoms with Gasteiger partial charge < -0.3 is 5.21 Å². The Morgan fingerprint density at radius 1 is 1.46 bits per heavy atom. The van der Waals surface area contributed by atoms with E-state index in [-0.39, 0.29) is 11.6 Å². The van der Waals surface area contributed by atoms with Crippen LogP contribution in [-0.4, -0.2) is 34.4 Å². The summed E-state index contributed by atoms with van der Waals surface area (Å²) in [5.41, 5.74) is 0.933. The molecule has 0 aromatic rings. The molecule has 78 valence electrons. The third-order valence-electron chi connectivity index (χ3n) is 2.61. The summed E-state index contributed by atoms with van der Waals surface area (Å²) >= 11 is 0. The Hall–Kier alpha value is -0.570. The Balaban J connectivity index is 4.51. The normalized spacial score (nSPS) is 16.4. The summed E-state index contributed by atoms with van der Waals surface area (Å²) in [5.74, 6) is 0. The van der Waals surface area contributed by atoms with E-state index >= 15 is 0 Å². The standard InChI is InChI=1S/C10H22N2O/c1-7-9(11-13)8(2)12(6)10(3,4)5/h8,13H,7H2,1-6H3/t8-/m0/s1. The maximum atomic E-state index is 8.77. The van der Waals surface area contributed by atoms with E-state index in [1.807, 2.05) is 14.0 Å². The highest BCUT2D eigenvalue weighted by Gasteiger charge is 2.24. The third-order valence-corrected chi connectivity index (χ3v) is 2.61. The van der Waals surface area contributed by atoms with Gasteiger partial charge in [0, 0.05) is 11.6 Å². The molecule has 13 heavy (non-hydrogen) atoms. The highest BCUT2D eigenvalue weighted by atomic mass is 16.4. The molecule has 0 fully saturated rings. The molecule has 0 aliphatic rings. The van der Waals surface area contributed by atoms with Gasteiger partial charge >= 0.3 is 0 Å². The summed E-state index contributed by atoms with van der Waals surface area (Å²) in [7, 11) is 2.05. The van der Waals surface area contributed by atoms with Crippen LogP contribution in [0.3, 0.4) is 0 Å². The van der Waals surface area contributed by atoms with E-state index in [9.17, 15) is 0 Å². The number of hydrogen-bond acceptors (Lipinski definition) is 3. The molecule has 1 N–H and O–H groups in total. The Bertz CT molecular complexity index is 182. The van der Waals surface area contributed by atoms with Crippen molar-refractivity contribution < 1.29 is 5.21 Å². The molecule has 0 unspecified atom stereocenters. The largest absolute Gasteiger partial charge is 0.411 e. The number of rotatable bonds is 3. The molecular weight excluding hydrogens is 164 g/mol. The van der Waals surface area contributed by atoms with Crippen LogP contribution in [0, 0.1) is 0 Å². The molecule has 3 heteroatoms. The van der Waals surface area contributed by atoms with Crippen molar-refractivity contribution in [3.8, 4) is 0 Å². The van der Waals surface area contributed by atoms with Gasteiger partial charge in [0.25, 0.3) is 0 Å². The van der Waals surface area contributed by atoms with Crippen molar-refractivity contribution in [2.24, 2.45) is 5.16 Å². The summed E-state index contributed by atoms with van der Waals surface area (Å²) in [6.45, 7) is 10.5. The van der Waals surface area contributed by atoms with E-state index < -0.39 is 0 Å². The topological polar surface area (TPSA) is 35.8 Å². The van der Waals surface area contributed by atoms with Crippen molar-refractivity contribution in [2.45, 2.75) is 52.6 Å². The predicted octanol–water partition coefficient (Wildman–Crippen LogP) is 2.35. The van der Waals surface area contributed by atoms with Crippen LogP contribution in [0.15, 0.2) is 5.16 Å². The molecule has 0 amide bonds. The molecule has 0 radical (unpaired) electrons. The van der Waals surface area contributed by atoms with Crippen LogP contribution in [0.4, 0.5) is 0 Å². The average molecular weight is 186 g/mol. The Morgan fingerprint density at radius 2 is 1.92 bits per heavy atom. The van der Waals surface area contributed by atoms with E-state index in [1.165, 1.54) is 0 Å². The first-order valence-electron chi connectivity index (χ1n) is 4.78. The minimum absolute atomic E-state index is 0.102. The molecule has 0 saturated carbocycles. The zero-order valence-electron chi connectivity index (χ0n) is 9.63. The summed E-state index contributed by atoms with van der Waals surface area (Å²) in [6, 6.07) is 0.190. The van der Waals surface area contributed by atoms with Crippen LogP contribution < -0.4 is 0 Å². The molecule has 0 heterocycles. The zero-order chi connectivity index (χ0) is 10.6. The van der Waals surface area contributed by atoms with Crippen molar-refractivity contribution in [1.82, 2.24) is 4.90 Å². The monoisotopic (exact) mass is 186 g/mol. The average Bonchev–Trinajstić information content (AvgIpc) is 2.03. The van der Waals surface area contributed by atoms with E-state index in [1.54, 1.807) is 0 Å². The highest BCUT2D eigenvalue weighted by Crippen LogP contribution is 2.15. The number of hydrogen-bond donors (Lipinski definition) is 1. The fraction of sp³-hybridized carbons (Fsp3) is 0.900. The van der Waals surface area contributed by atoms with E-state index in [0.29, 0.717) is 0 Å². The smallest absolute Gasteiger partial charge is 0.0736 e. The van der Waals surface area contributed by atoms with Crippen LogP contribution in [0.5, 0.6) is 0 Å². The Kier molecular flexibility index (Phi) is 4.40. The lowest BCUT2D eigenvalue weighted by Gasteiger charge is -2.37. The van der Waals surface area contributed by atoms with E-state index in [0.717, 1.165) is 12.1 Å². The first-order chi connectivity index (χ1) is 5.84. The second-order valence-electron chi connectivity index (χ2n) is 4.40. The van der Waals surface area contributed by atoms with Gasteiger partial charge in [-0.05, 0) is 41.2 Å². The lowest BCUT2D eigenvalue weighted by molar-refractivity contribution is 0.155. The lowest BCUT2D eigenvalue weighted by atomic mass is 10.0. The SMILES string of the molecule is CCC(=NO)[C@H](C)N(C)C(C)(C)C. The van der Waals surface area contributed by atoms with Crippen molar-refractivity contribution >= 4 is 5.71 Å². The Labute approximate surface area is 81.4 Å². The molecule has 0 saturated heterocycles. The minimum atomic E-state index is 0.102. The van der Waals surface area contributed by atoms with Gasteiger partial charge in [-0.1, -0.05) is 12.1 Å². The van der Waals surface area contributed by atoms with Crippen molar-refractivity contribution in [2.75, 3.05) is 7.05 Å². The van der Waals surface area contributed by atoms with Crippen molar-refractivity contribution in [3.63, 3.8) is 0 Å². The van der Waals surface area contributed by atoms with Gasteiger partial charge in [0.1, 0.15) is 0 Å². The molecule has 0 aliphatic carbocycles. The van der Waals surface area contributed by atoms with Crippen LogP contribution in [0.2, 0.25) is 0 Å². The number of nitrogens with zero attached hydrogens (tertiary/aromatic N) is 2. The van der Waals surface area contributed by atoms with Gasteiger partial charge in [0.15, 0.2) is 0 Å². The predicted molar refractivity (Wildman–Crippen MR) is 56.5 cm³/mol. The summed E-state index contributed by atoms with van der Waals surface area (Å²) in [6.07, 6.45) is 0.790. The highest BCUT2D eigenvalue weighted by molar-refractivity contribution is 5.88. The quantitative estimate of drug-likeness (QED) is 0.417. The molecule has 0 aromatic heterocycles. The maximum absolute atomic E-state index is 8.77. The van der Waals surface area contributed by atoms with E-state index in [2.05, 4.69) is 37.8 Å². The molecular formula is C10H22N2O. The summed E-state index contributed by atoms with van der Waals surface area (Å²) < 4.78 is 0. The molecule has 0 aliphatic heterocycles. The zero-order valence-corrected chi connectivity index (χ0v) is 9.63. The van der Waals surface area contributed by atoms with Crippen molar-refractivity contribution in [1.29, 1.82) is 0 Å². The van der Waals surface area contributed by atoms with Crippen LogP contribution in [0.1, 0.15) is 41.0 Å². The van der Waals surface area contributed by atoms with Gasteiger partial charge in [-0.3, -0.25) is 4.90 Å².